The lowest BCUT2D eigenvalue weighted by Gasteiger charge is -2.22. The summed E-state index contributed by atoms with van der Waals surface area (Å²) in [6, 6.07) is 0. The van der Waals surface area contributed by atoms with Crippen molar-refractivity contribution in [2.45, 2.75) is 245 Å². The molecule has 2 atom stereocenters. The Kier molecular flexibility index (Phi) is 38.4. The standard InChI is InChI=1S/C47H90NO6/c1-7-11-15-19-22-26-32-42(31-25-18-14-10-4)38-39-44(54-47(51)37-30-40-48(5)6)41-52-45(49)35-29-36-46(50)53-43(33-27-23-20-16-12-8-2)34-28-24-21-17-13-9-3/h15,42-44H,7-14,16-41H2,1-6H3. The minimum absolute atomic E-state index is 0.0233. The molecule has 7 heteroatoms. The molecule has 0 N–H and O–H groups in total. The number of carbonyl (C=O) groups excluding carboxylic acids is 3. The smallest absolute Gasteiger partial charge is 0.306 e. The number of nitrogens with zero attached hydrogens (tertiary/aromatic N) is 1. The summed E-state index contributed by atoms with van der Waals surface area (Å²) in [4.78, 5) is 40.6. The van der Waals surface area contributed by atoms with Crippen LogP contribution in [0.15, 0.2) is 0 Å². The number of hydrogen-bond donors (Lipinski definition) is 0. The first kappa shape index (κ1) is 52.4. The molecule has 7 nitrogen and oxygen atoms in total. The highest BCUT2D eigenvalue weighted by Gasteiger charge is 2.21. The van der Waals surface area contributed by atoms with Gasteiger partial charge in [-0.15, -0.1) is 0 Å². The molecule has 54 heavy (non-hydrogen) atoms. The molecule has 1 radical (unpaired) electrons. The second kappa shape index (κ2) is 39.6. The van der Waals surface area contributed by atoms with Crippen LogP contribution in [-0.2, 0) is 28.6 Å². The summed E-state index contributed by atoms with van der Waals surface area (Å²) in [7, 11) is 4.00. The first-order chi connectivity index (χ1) is 26.2. The van der Waals surface area contributed by atoms with E-state index in [4.69, 9.17) is 14.2 Å². The zero-order valence-corrected chi connectivity index (χ0v) is 36.7. The molecule has 0 aromatic rings. The van der Waals surface area contributed by atoms with E-state index in [0.717, 1.165) is 45.1 Å². The van der Waals surface area contributed by atoms with E-state index in [9.17, 15) is 14.4 Å². The number of hydrogen-bond acceptors (Lipinski definition) is 7. The van der Waals surface area contributed by atoms with Gasteiger partial charge in [-0.3, -0.25) is 14.4 Å². The van der Waals surface area contributed by atoms with E-state index >= 15 is 0 Å². The van der Waals surface area contributed by atoms with Gasteiger partial charge in [-0.2, -0.15) is 0 Å². The van der Waals surface area contributed by atoms with E-state index < -0.39 is 6.10 Å². The summed E-state index contributed by atoms with van der Waals surface area (Å²) >= 11 is 0. The molecular formula is C47H90NO6. The molecule has 0 aromatic heterocycles. The third-order valence-corrected chi connectivity index (χ3v) is 10.7. The number of carbonyl (C=O) groups is 3. The van der Waals surface area contributed by atoms with Crippen molar-refractivity contribution in [3.63, 3.8) is 0 Å². The van der Waals surface area contributed by atoms with Crippen LogP contribution in [0, 0.1) is 12.3 Å². The van der Waals surface area contributed by atoms with Crippen molar-refractivity contribution in [3.05, 3.63) is 6.42 Å². The minimum Gasteiger partial charge on any atom is -0.462 e. The Bertz CT molecular complexity index is 832. The van der Waals surface area contributed by atoms with Crippen LogP contribution in [0.5, 0.6) is 0 Å². The van der Waals surface area contributed by atoms with Crippen molar-refractivity contribution >= 4 is 17.9 Å². The molecule has 0 saturated carbocycles. The zero-order valence-electron chi connectivity index (χ0n) is 36.7. The molecule has 2 unspecified atom stereocenters. The fourth-order valence-corrected chi connectivity index (χ4v) is 7.19. The molecule has 319 valence electrons. The highest BCUT2D eigenvalue weighted by molar-refractivity contribution is 5.72. The van der Waals surface area contributed by atoms with Gasteiger partial charge in [0.2, 0.25) is 0 Å². The molecular weight excluding hydrogens is 675 g/mol. The minimum atomic E-state index is -0.438. The number of rotatable bonds is 41. The maximum atomic E-state index is 12.9. The first-order valence-corrected chi connectivity index (χ1v) is 23.3. The van der Waals surface area contributed by atoms with Gasteiger partial charge in [0, 0.05) is 19.3 Å². The Balaban J connectivity index is 5.03. The van der Waals surface area contributed by atoms with Crippen LogP contribution in [0.2, 0.25) is 0 Å². The van der Waals surface area contributed by atoms with E-state index in [1.165, 1.54) is 135 Å². The predicted octanol–water partition coefficient (Wildman–Crippen LogP) is 13.3. The highest BCUT2D eigenvalue weighted by Crippen LogP contribution is 2.25. The molecule has 0 bridgehead atoms. The second-order valence-corrected chi connectivity index (χ2v) is 16.4. The molecule has 0 aliphatic rings. The fourth-order valence-electron chi connectivity index (χ4n) is 7.19. The Labute approximate surface area is 335 Å². The summed E-state index contributed by atoms with van der Waals surface area (Å²) < 4.78 is 17.6. The van der Waals surface area contributed by atoms with Crippen LogP contribution < -0.4 is 0 Å². The molecule has 0 saturated heterocycles. The van der Waals surface area contributed by atoms with Crippen LogP contribution in [-0.4, -0.2) is 62.3 Å². The van der Waals surface area contributed by atoms with Gasteiger partial charge in [-0.05, 0) is 84.3 Å². The number of ether oxygens (including phenoxy) is 3. The maximum Gasteiger partial charge on any atom is 0.306 e. The van der Waals surface area contributed by atoms with E-state index in [1.54, 1.807) is 0 Å². The van der Waals surface area contributed by atoms with Gasteiger partial charge in [-0.25, -0.2) is 0 Å². The lowest BCUT2D eigenvalue weighted by Crippen LogP contribution is -2.26. The monoisotopic (exact) mass is 765 g/mol. The zero-order chi connectivity index (χ0) is 39.9. The second-order valence-electron chi connectivity index (χ2n) is 16.4. The molecule has 0 heterocycles. The molecule has 0 aromatic carbocycles. The van der Waals surface area contributed by atoms with Gasteiger partial charge in [-0.1, -0.05) is 163 Å². The third-order valence-electron chi connectivity index (χ3n) is 10.7. The topological polar surface area (TPSA) is 82.1 Å². The van der Waals surface area contributed by atoms with Crippen LogP contribution in [0.1, 0.15) is 233 Å². The van der Waals surface area contributed by atoms with Crippen LogP contribution >= 0.6 is 0 Å². The van der Waals surface area contributed by atoms with Crippen molar-refractivity contribution in [1.29, 1.82) is 0 Å². The molecule has 0 amide bonds. The van der Waals surface area contributed by atoms with Crippen molar-refractivity contribution < 1.29 is 28.6 Å². The lowest BCUT2D eigenvalue weighted by atomic mass is 9.89. The van der Waals surface area contributed by atoms with Crippen LogP contribution in [0.25, 0.3) is 0 Å². The van der Waals surface area contributed by atoms with Crippen molar-refractivity contribution in [3.8, 4) is 0 Å². The predicted molar refractivity (Wildman–Crippen MR) is 228 cm³/mol. The van der Waals surface area contributed by atoms with Crippen LogP contribution in [0.3, 0.4) is 0 Å². The van der Waals surface area contributed by atoms with Crippen molar-refractivity contribution in [1.82, 2.24) is 4.90 Å². The molecule has 0 fully saturated rings. The number of unbranched alkanes of at least 4 members (excludes halogenated alkanes) is 18. The molecule has 0 aliphatic carbocycles. The SMILES string of the molecule is CCC[CH]CCCCC(CCCCCC)CCC(COC(=O)CCCC(=O)OC(CCCCCCCC)CCCCCCCC)OC(=O)CCCN(C)C. The van der Waals surface area contributed by atoms with E-state index in [2.05, 4.69) is 39.0 Å². The number of esters is 3. The fraction of sp³-hybridized carbons (Fsp3) is 0.915. The van der Waals surface area contributed by atoms with Gasteiger partial charge >= 0.3 is 17.9 Å². The third kappa shape index (κ3) is 36.0. The van der Waals surface area contributed by atoms with E-state index in [-0.39, 0.29) is 43.5 Å². The average molecular weight is 765 g/mol. The molecule has 0 aliphatic heterocycles. The maximum absolute atomic E-state index is 12.9. The largest absolute Gasteiger partial charge is 0.462 e. The van der Waals surface area contributed by atoms with E-state index in [1.807, 2.05) is 14.1 Å². The Morgan fingerprint density at radius 2 is 0.944 bits per heavy atom. The van der Waals surface area contributed by atoms with E-state index in [0.29, 0.717) is 25.2 Å². The quantitative estimate of drug-likeness (QED) is 0.0348. The normalized spacial score (nSPS) is 12.7. The highest BCUT2D eigenvalue weighted by atomic mass is 16.6. The Morgan fingerprint density at radius 1 is 0.463 bits per heavy atom. The van der Waals surface area contributed by atoms with Gasteiger partial charge in [0.25, 0.3) is 0 Å². The summed E-state index contributed by atoms with van der Waals surface area (Å²) in [5, 5.41) is 0. The van der Waals surface area contributed by atoms with Gasteiger partial charge in [0.15, 0.2) is 0 Å². The Hall–Kier alpha value is -1.63. The summed E-state index contributed by atoms with van der Waals surface area (Å²) in [6.07, 6.45) is 35.6. The van der Waals surface area contributed by atoms with Gasteiger partial charge < -0.3 is 19.1 Å². The summed E-state index contributed by atoms with van der Waals surface area (Å²) in [5.41, 5.74) is 0. The lowest BCUT2D eigenvalue weighted by molar-refractivity contribution is -0.160. The molecule has 0 rings (SSSR count). The Morgan fingerprint density at radius 3 is 1.52 bits per heavy atom. The summed E-state index contributed by atoms with van der Waals surface area (Å²) in [6.45, 7) is 9.86. The van der Waals surface area contributed by atoms with Crippen molar-refractivity contribution in [2.24, 2.45) is 5.92 Å². The van der Waals surface area contributed by atoms with Crippen LogP contribution in [0.4, 0.5) is 0 Å². The average Bonchev–Trinajstić information content (AvgIpc) is 3.14. The van der Waals surface area contributed by atoms with Crippen molar-refractivity contribution in [2.75, 3.05) is 27.2 Å². The van der Waals surface area contributed by atoms with Gasteiger partial charge in [0.1, 0.15) is 18.8 Å². The molecule has 0 spiro atoms. The van der Waals surface area contributed by atoms with Gasteiger partial charge in [0.05, 0.1) is 0 Å². The summed E-state index contributed by atoms with van der Waals surface area (Å²) in [5.74, 6) is -0.173. The first-order valence-electron chi connectivity index (χ1n) is 23.3.